The Morgan fingerprint density at radius 1 is 1.12 bits per heavy atom. The van der Waals surface area contributed by atoms with Crippen LogP contribution >= 0.6 is 46.8 Å². The normalized spacial score (nSPS) is 10.8. The first-order valence-corrected chi connectivity index (χ1v) is 12.2. The van der Waals surface area contributed by atoms with E-state index >= 15 is 0 Å². The molecule has 0 aliphatic rings. The minimum atomic E-state index is -0.512. The van der Waals surface area contributed by atoms with E-state index in [1.54, 1.807) is 30.3 Å². The van der Waals surface area contributed by atoms with Gasteiger partial charge in [0.1, 0.15) is 5.76 Å². The fraction of sp³-hybridized carbons (Fsp3) is 0.130. The largest absolute Gasteiger partial charge is 0.451 e. The molecule has 0 spiro atoms. The van der Waals surface area contributed by atoms with Crippen molar-refractivity contribution in [3.63, 3.8) is 0 Å². The standard InChI is InChI=1S/C23H18Cl2N4O3S2/c1-2-4-19(30)28-23-27-15-8-7-12(11-18(15)34-23)26-22(33)29-21(31)17-10-9-16(32-17)13-5-3-6-14(24)20(13)25/h3,5-11H,2,4H2,1H3,(H,27,28,30)(H2,26,29,31,33). The highest BCUT2D eigenvalue weighted by molar-refractivity contribution is 7.80. The zero-order valence-corrected chi connectivity index (χ0v) is 20.9. The summed E-state index contributed by atoms with van der Waals surface area (Å²) in [6, 6.07) is 13.8. The molecule has 4 rings (SSSR count). The minimum absolute atomic E-state index is 0.0671. The van der Waals surface area contributed by atoms with Crippen LogP contribution in [0.4, 0.5) is 10.8 Å². The number of halogens is 2. The zero-order chi connectivity index (χ0) is 24.2. The predicted octanol–water partition coefficient (Wildman–Crippen LogP) is 6.73. The van der Waals surface area contributed by atoms with Crippen molar-refractivity contribution in [1.82, 2.24) is 10.3 Å². The Balaban J connectivity index is 1.40. The smallest absolute Gasteiger partial charge is 0.293 e. The highest BCUT2D eigenvalue weighted by Gasteiger charge is 2.16. The summed E-state index contributed by atoms with van der Waals surface area (Å²) in [5, 5.41) is 9.72. The summed E-state index contributed by atoms with van der Waals surface area (Å²) in [4.78, 5) is 28.8. The molecular weight excluding hydrogens is 515 g/mol. The topological polar surface area (TPSA) is 96.3 Å². The van der Waals surface area contributed by atoms with Crippen LogP contribution in [0.3, 0.4) is 0 Å². The van der Waals surface area contributed by atoms with Gasteiger partial charge in [-0.25, -0.2) is 4.98 Å². The van der Waals surface area contributed by atoms with Crippen molar-refractivity contribution in [2.45, 2.75) is 19.8 Å². The summed E-state index contributed by atoms with van der Waals surface area (Å²) in [6.07, 6.45) is 1.21. The molecule has 4 aromatic rings. The number of furan rings is 1. The maximum absolute atomic E-state index is 12.6. The van der Waals surface area contributed by atoms with Crippen LogP contribution in [0.5, 0.6) is 0 Å². The van der Waals surface area contributed by atoms with E-state index in [9.17, 15) is 9.59 Å². The zero-order valence-electron chi connectivity index (χ0n) is 17.8. The number of anilines is 2. The Labute approximate surface area is 214 Å². The molecule has 0 bridgehead atoms. The Kier molecular flexibility index (Phi) is 7.47. The highest BCUT2D eigenvalue weighted by atomic mass is 35.5. The third-order valence-electron chi connectivity index (χ3n) is 4.64. The fourth-order valence-corrected chi connectivity index (χ4v) is 4.62. The first-order valence-electron chi connectivity index (χ1n) is 10.2. The first-order chi connectivity index (χ1) is 16.3. The molecule has 0 aliphatic heterocycles. The van der Waals surface area contributed by atoms with Crippen molar-refractivity contribution in [3.05, 3.63) is 64.3 Å². The van der Waals surface area contributed by atoms with E-state index in [1.807, 2.05) is 19.1 Å². The van der Waals surface area contributed by atoms with Gasteiger partial charge in [-0.3, -0.25) is 14.9 Å². The monoisotopic (exact) mass is 532 g/mol. The summed E-state index contributed by atoms with van der Waals surface area (Å²) < 4.78 is 6.51. The van der Waals surface area contributed by atoms with E-state index in [2.05, 4.69) is 20.9 Å². The number of rotatable bonds is 6. The van der Waals surface area contributed by atoms with E-state index in [1.165, 1.54) is 17.4 Å². The Hall–Kier alpha value is -2.98. The van der Waals surface area contributed by atoms with Crippen LogP contribution < -0.4 is 16.0 Å². The second kappa shape index (κ2) is 10.5. The van der Waals surface area contributed by atoms with Gasteiger partial charge in [0.15, 0.2) is 16.0 Å². The van der Waals surface area contributed by atoms with Gasteiger partial charge >= 0.3 is 0 Å². The maximum Gasteiger partial charge on any atom is 0.293 e. The van der Waals surface area contributed by atoms with E-state index < -0.39 is 5.91 Å². The van der Waals surface area contributed by atoms with Gasteiger partial charge in [0, 0.05) is 17.7 Å². The lowest BCUT2D eigenvalue weighted by atomic mass is 10.2. The molecule has 3 N–H and O–H groups in total. The molecule has 2 amide bonds. The van der Waals surface area contributed by atoms with Crippen molar-refractivity contribution < 1.29 is 14.0 Å². The Morgan fingerprint density at radius 2 is 1.94 bits per heavy atom. The molecular formula is C23H18Cl2N4O3S2. The maximum atomic E-state index is 12.6. The summed E-state index contributed by atoms with van der Waals surface area (Å²) in [5.41, 5.74) is 2.00. The second-order valence-corrected chi connectivity index (χ2v) is 9.40. The van der Waals surface area contributed by atoms with Crippen molar-refractivity contribution in [2.75, 3.05) is 10.6 Å². The highest BCUT2D eigenvalue weighted by Crippen LogP contribution is 2.34. The van der Waals surface area contributed by atoms with Gasteiger partial charge in [-0.2, -0.15) is 0 Å². The van der Waals surface area contributed by atoms with Gasteiger partial charge in [-0.15, -0.1) is 0 Å². The summed E-state index contributed by atoms with van der Waals surface area (Å²) in [6.45, 7) is 1.94. The molecule has 0 radical (unpaired) electrons. The van der Waals surface area contributed by atoms with Gasteiger partial charge in [0.25, 0.3) is 5.91 Å². The molecule has 0 unspecified atom stereocenters. The fourth-order valence-electron chi connectivity index (χ4n) is 3.09. The third kappa shape index (κ3) is 5.56. The molecule has 0 atom stereocenters. The lowest BCUT2D eigenvalue weighted by Gasteiger charge is -2.08. The van der Waals surface area contributed by atoms with Crippen LogP contribution in [0.15, 0.2) is 52.9 Å². The lowest BCUT2D eigenvalue weighted by Crippen LogP contribution is -2.33. The number of nitrogens with one attached hydrogen (secondary N) is 3. The van der Waals surface area contributed by atoms with Gasteiger partial charge in [0.05, 0.1) is 20.3 Å². The number of fused-ring (bicyclic) bond motifs is 1. The second-order valence-electron chi connectivity index (χ2n) is 7.17. The van der Waals surface area contributed by atoms with Crippen LogP contribution in [0.1, 0.15) is 30.3 Å². The molecule has 2 heterocycles. The van der Waals surface area contributed by atoms with E-state index in [0.717, 1.165) is 16.6 Å². The van der Waals surface area contributed by atoms with Crippen molar-refractivity contribution in [1.29, 1.82) is 0 Å². The van der Waals surface area contributed by atoms with Gasteiger partial charge in [0.2, 0.25) is 5.91 Å². The molecule has 34 heavy (non-hydrogen) atoms. The predicted molar refractivity (Wildman–Crippen MR) is 141 cm³/mol. The Morgan fingerprint density at radius 3 is 2.74 bits per heavy atom. The number of carbonyl (C=O) groups excluding carboxylic acids is 2. The molecule has 2 aromatic heterocycles. The quantitative estimate of drug-likeness (QED) is 0.238. The minimum Gasteiger partial charge on any atom is -0.451 e. The number of hydrogen-bond acceptors (Lipinski definition) is 6. The van der Waals surface area contributed by atoms with E-state index in [-0.39, 0.29) is 16.8 Å². The van der Waals surface area contributed by atoms with Crippen LogP contribution in [0.2, 0.25) is 10.0 Å². The molecule has 0 saturated carbocycles. The summed E-state index contributed by atoms with van der Waals surface area (Å²) >= 11 is 18.9. The van der Waals surface area contributed by atoms with Crippen LogP contribution in [-0.2, 0) is 4.79 Å². The third-order valence-corrected chi connectivity index (χ3v) is 6.60. The van der Waals surface area contributed by atoms with E-state index in [0.29, 0.717) is 38.6 Å². The number of thiazole rings is 1. The average molecular weight is 533 g/mol. The first kappa shape index (κ1) is 24.2. The summed E-state index contributed by atoms with van der Waals surface area (Å²) in [5.74, 6) is -0.0984. The van der Waals surface area contributed by atoms with Crippen LogP contribution in [0, 0.1) is 0 Å². The number of thiocarbonyl (C=S) groups is 1. The van der Waals surface area contributed by atoms with Crippen molar-refractivity contribution in [3.8, 4) is 11.3 Å². The molecule has 7 nitrogen and oxygen atoms in total. The number of nitrogens with zero attached hydrogens (tertiary/aromatic N) is 1. The number of benzene rings is 2. The lowest BCUT2D eigenvalue weighted by molar-refractivity contribution is -0.116. The van der Waals surface area contributed by atoms with Crippen molar-refractivity contribution in [2.24, 2.45) is 0 Å². The molecule has 0 saturated heterocycles. The molecule has 174 valence electrons. The molecule has 0 aliphatic carbocycles. The molecule has 11 heteroatoms. The van der Waals surface area contributed by atoms with Gasteiger partial charge < -0.3 is 15.1 Å². The van der Waals surface area contributed by atoms with Crippen LogP contribution in [-0.4, -0.2) is 21.9 Å². The Bertz CT molecular complexity index is 1400. The van der Waals surface area contributed by atoms with Gasteiger partial charge in [-0.1, -0.05) is 47.5 Å². The number of hydrogen-bond donors (Lipinski definition) is 3. The van der Waals surface area contributed by atoms with Crippen molar-refractivity contribution >= 4 is 84.7 Å². The number of aromatic nitrogens is 1. The molecule has 0 fully saturated rings. The SMILES string of the molecule is CCCC(=O)Nc1nc2ccc(NC(=S)NC(=O)c3ccc(-c4cccc(Cl)c4Cl)o3)cc2s1. The van der Waals surface area contributed by atoms with E-state index in [4.69, 9.17) is 39.8 Å². The average Bonchev–Trinajstić information content (AvgIpc) is 3.42. The van der Waals surface area contributed by atoms with Gasteiger partial charge in [-0.05, 0) is 61.1 Å². The van der Waals surface area contributed by atoms with Crippen LogP contribution in [0.25, 0.3) is 21.5 Å². The number of carbonyl (C=O) groups is 2. The number of amides is 2. The summed E-state index contributed by atoms with van der Waals surface area (Å²) in [7, 11) is 0. The molecule has 2 aromatic carbocycles.